The van der Waals surface area contributed by atoms with E-state index in [0.717, 1.165) is 16.6 Å². The predicted octanol–water partition coefficient (Wildman–Crippen LogP) is 2.80. The second kappa shape index (κ2) is 5.66. The van der Waals surface area contributed by atoms with E-state index < -0.39 is 0 Å². The summed E-state index contributed by atoms with van der Waals surface area (Å²) in [7, 11) is 0. The molecule has 0 fully saturated rings. The van der Waals surface area contributed by atoms with Crippen LogP contribution in [0.1, 0.15) is 11.1 Å². The van der Waals surface area contributed by atoms with Gasteiger partial charge in [-0.1, -0.05) is 42.0 Å². The van der Waals surface area contributed by atoms with Gasteiger partial charge in [0.15, 0.2) is 0 Å². The van der Waals surface area contributed by atoms with Crippen LogP contribution in [-0.4, -0.2) is 15.7 Å². The van der Waals surface area contributed by atoms with E-state index >= 15 is 0 Å². The van der Waals surface area contributed by atoms with Crippen LogP contribution in [0.5, 0.6) is 0 Å². The number of hydrogen-bond donors (Lipinski definition) is 2. The van der Waals surface area contributed by atoms with Gasteiger partial charge in [0.25, 0.3) is 0 Å². The Bertz CT molecular complexity index is 761. The molecule has 2 aromatic carbocycles. The molecule has 0 saturated carbocycles. The van der Waals surface area contributed by atoms with E-state index in [2.05, 4.69) is 15.7 Å². The Balaban J connectivity index is 1.62. The topological polar surface area (TPSA) is 59.0 Å². The smallest absolute Gasteiger partial charge is 0.333 e. The molecule has 2 amide bonds. The Morgan fingerprint density at radius 1 is 1.14 bits per heavy atom. The largest absolute Gasteiger partial charge is 0.334 e. The zero-order valence-electron chi connectivity index (χ0n) is 11.7. The molecule has 0 aliphatic heterocycles. The highest BCUT2D eigenvalue weighted by Crippen LogP contribution is 2.09. The van der Waals surface area contributed by atoms with Crippen LogP contribution < -0.4 is 10.7 Å². The lowest BCUT2D eigenvalue weighted by Crippen LogP contribution is -2.33. The number of nitrogens with zero attached hydrogens (tertiary/aromatic N) is 2. The van der Waals surface area contributed by atoms with Crippen LogP contribution in [0.25, 0.3) is 11.0 Å². The number of fused-ring (bicyclic) bond motifs is 1. The zero-order chi connectivity index (χ0) is 14.7. The van der Waals surface area contributed by atoms with Gasteiger partial charge in [-0.2, -0.15) is 0 Å². The maximum atomic E-state index is 11.9. The van der Waals surface area contributed by atoms with E-state index in [-0.39, 0.29) is 6.03 Å². The molecular weight excluding hydrogens is 264 g/mol. The number of amides is 2. The molecule has 1 heterocycles. The highest BCUT2D eigenvalue weighted by atomic mass is 16.2. The number of benzene rings is 2. The molecule has 3 aromatic rings. The number of urea groups is 1. The molecule has 5 nitrogen and oxygen atoms in total. The van der Waals surface area contributed by atoms with Crippen molar-refractivity contribution in [2.45, 2.75) is 13.5 Å². The minimum absolute atomic E-state index is 0.265. The third-order valence-corrected chi connectivity index (χ3v) is 3.25. The average Bonchev–Trinajstić information content (AvgIpc) is 2.90. The van der Waals surface area contributed by atoms with Crippen LogP contribution >= 0.6 is 0 Å². The van der Waals surface area contributed by atoms with Crippen molar-refractivity contribution in [3.05, 3.63) is 66.0 Å². The Morgan fingerprint density at radius 3 is 2.71 bits per heavy atom. The van der Waals surface area contributed by atoms with Gasteiger partial charge in [-0.25, -0.2) is 19.9 Å². The van der Waals surface area contributed by atoms with Crippen molar-refractivity contribution in [1.82, 2.24) is 15.0 Å². The minimum Gasteiger partial charge on any atom is -0.333 e. The molecule has 0 atom stereocenters. The summed E-state index contributed by atoms with van der Waals surface area (Å²) in [4.78, 5) is 16.1. The fraction of sp³-hybridized carbons (Fsp3) is 0.125. The number of carbonyl (C=O) groups excluding carboxylic acids is 1. The number of para-hydroxylation sites is 2. The van der Waals surface area contributed by atoms with E-state index in [4.69, 9.17) is 0 Å². The van der Waals surface area contributed by atoms with Gasteiger partial charge >= 0.3 is 6.03 Å². The van der Waals surface area contributed by atoms with Gasteiger partial charge in [0.05, 0.1) is 11.0 Å². The first-order valence-corrected chi connectivity index (χ1v) is 6.75. The molecule has 0 spiro atoms. The zero-order valence-corrected chi connectivity index (χ0v) is 11.7. The van der Waals surface area contributed by atoms with E-state index in [9.17, 15) is 4.79 Å². The molecule has 21 heavy (non-hydrogen) atoms. The molecule has 0 saturated heterocycles. The number of rotatable bonds is 3. The van der Waals surface area contributed by atoms with Crippen molar-refractivity contribution in [1.29, 1.82) is 0 Å². The second-order valence-electron chi connectivity index (χ2n) is 4.88. The highest BCUT2D eigenvalue weighted by Gasteiger charge is 2.05. The van der Waals surface area contributed by atoms with E-state index in [1.165, 1.54) is 5.56 Å². The van der Waals surface area contributed by atoms with Gasteiger partial charge in [0.1, 0.15) is 6.33 Å². The molecule has 2 N–H and O–H groups in total. The van der Waals surface area contributed by atoms with Crippen molar-refractivity contribution in [2.24, 2.45) is 0 Å². The first kappa shape index (κ1) is 13.2. The van der Waals surface area contributed by atoms with E-state index in [0.29, 0.717) is 6.54 Å². The summed E-state index contributed by atoms with van der Waals surface area (Å²) in [6.07, 6.45) is 1.59. The molecule has 0 radical (unpaired) electrons. The Morgan fingerprint density at radius 2 is 1.90 bits per heavy atom. The summed E-state index contributed by atoms with van der Waals surface area (Å²) >= 11 is 0. The third kappa shape index (κ3) is 3.02. The lowest BCUT2D eigenvalue weighted by atomic mass is 10.1. The average molecular weight is 280 g/mol. The van der Waals surface area contributed by atoms with Gasteiger partial charge in [-0.15, -0.1) is 0 Å². The Labute approximate surface area is 122 Å². The highest BCUT2D eigenvalue weighted by molar-refractivity contribution is 5.85. The maximum absolute atomic E-state index is 11.9. The van der Waals surface area contributed by atoms with Gasteiger partial charge in [0, 0.05) is 6.54 Å². The van der Waals surface area contributed by atoms with Crippen molar-refractivity contribution >= 4 is 17.1 Å². The van der Waals surface area contributed by atoms with Crippen molar-refractivity contribution < 1.29 is 4.79 Å². The third-order valence-electron chi connectivity index (χ3n) is 3.25. The summed E-state index contributed by atoms with van der Waals surface area (Å²) in [6.45, 7) is 2.52. The van der Waals surface area contributed by atoms with Crippen LogP contribution in [0.15, 0.2) is 54.9 Å². The Kier molecular flexibility index (Phi) is 3.55. The molecular formula is C16H16N4O. The van der Waals surface area contributed by atoms with Crippen molar-refractivity contribution in [3.63, 3.8) is 0 Å². The number of aryl methyl sites for hydroxylation is 1. The molecule has 0 aliphatic rings. The second-order valence-corrected chi connectivity index (χ2v) is 4.88. The molecule has 0 unspecified atom stereocenters. The quantitative estimate of drug-likeness (QED) is 0.775. The maximum Gasteiger partial charge on any atom is 0.334 e. The molecule has 1 aromatic heterocycles. The fourth-order valence-corrected chi connectivity index (χ4v) is 2.09. The lowest BCUT2D eigenvalue weighted by Gasteiger charge is -2.09. The first-order valence-electron chi connectivity index (χ1n) is 6.75. The molecule has 0 aliphatic carbocycles. The van der Waals surface area contributed by atoms with Crippen LogP contribution in [0.2, 0.25) is 0 Å². The normalized spacial score (nSPS) is 10.5. The van der Waals surface area contributed by atoms with Gasteiger partial charge < -0.3 is 5.32 Å². The van der Waals surface area contributed by atoms with Crippen LogP contribution in [-0.2, 0) is 6.54 Å². The summed E-state index contributed by atoms with van der Waals surface area (Å²) < 4.78 is 1.61. The Hall–Kier alpha value is -2.82. The van der Waals surface area contributed by atoms with Crippen molar-refractivity contribution in [3.8, 4) is 0 Å². The van der Waals surface area contributed by atoms with Gasteiger partial charge in [-0.05, 0) is 24.6 Å². The molecule has 106 valence electrons. The van der Waals surface area contributed by atoms with Crippen LogP contribution in [0, 0.1) is 6.92 Å². The summed E-state index contributed by atoms with van der Waals surface area (Å²) in [5.74, 6) is 0. The molecule has 3 rings (SSSR count). The van der Waals surface area contributed by atoms with Crippen LogP contribution in [0.3, 0.4) is 0 Å². The van der Waals surface area contributed by atoms with E-state index in [1.807, 2.05) is 55.5 Å². The number of carbonyl (C=O) groups is 1. The van der Waals surface area contributed by atoms with Gasteiger partial charge in [0.2, 0.25) is 0 Å². The van der Waals surface area contributed by atoms with Crippen LogP contribution in [0.4, 0.5) is 4.79 Å². The standard InChI is InChI=1S/C16H16N4O/c1-12-6-8-13(9-7-12)10-17-16(21)19-20-11-18-14-4-2-3-5-15(14)20/h2-9,11H,10H2,1H3,(H2,17,19,21). The molecule has 5 heteroatoms. The number of nitrogens with one attached hydrogen (secondary N) is 2. The summed E-state index contributed by atoms with van der Waals surface area (Å²) in [6, 6.07) is 15.4. The SMILES string of the molecule is Cc1ccc(CNC(=O)Nn2cnc3ccccc32)cc1. The number of imidazole rings is 1. The molecule has 0 bridgehead atoms. The first-order chi connectivity index (χ1) is 10.2. The monoisotopic (exact) mass is 280 g/mol. The number of hydrogen-bond acceptors (Lipinski definition) is 2. The minimum atomic E-state index is -0.265. The summed E-state index contributed by atoms with van der Waals surface area (Å²) in [5.41, 5.74) is 6.72. The predicted molar refractivity (Wildman–Crippen MR) is 82.5 cm³/mol. The summed E-state index contributed by atoms with van der Waals surface area (Å²) in [5, 5.41) is 2.82. The van der Waals surface area contributed by atoms with E-state index in [1.54, 1.807) is 11.0 Å². The van der Waals surface area contributed by atoms with Gasteiger partial charge in [-0.3, -0.25) is 0 Å². The lowest BCUT2D eigenvalue weighted by molar-refractivity contribution is 0.249. The number of aromatic nitrogens is 2. The van der Waals surface area contributed by atoms with Crippen molar-refractivity contribution in [2.75, 3.05) is 5.43 Å². The fourth-order valence-electron chi connectivity index (χ4n) is 2.09.